The number of amides is 1. The smallest absolute Gasteiger partial charge is 0.214 e. The summed E-state index contributed by atoms with van der Waals surface area (Å²) in [4.78, 5) is 13.2. The summed E-state index contributed by atoms with van der Waals surface area (Å²) in [6, 6.07) is 2.02. The first-order valence-corrected chi connectivity index (χ1v) is 4.22. The van der Waals surface area contributed by atoms with E-state index in [1.54, 1.807) is 23.3 Å². The predicted molar refractivity (Wildman–Crippen MR) is 48.3 cm³/mol. The maximum atomic E-state index is 10.4. The monoisotopic (exact) mass is 169 g/mol. The van der Waals surface area contributed by atoms with Crippen LogP contribution in [0.3, 0.4) is 0 Å². The average molecular weight is 169 g/mol. The molecule has 0 saturated carbocycles. The topological polar surface area (TPSA) is 20.3 Å². The highest BCUT2D eigenvalue weighted by Gasteiger charge is 2.03. The van der Waals surface area contributed by atoms with Crippen LogP contribution in [-0.4, -0.2) is 13.5 Å². The fourth-order valence-corrected chi connectivity index (χ4v) is 1.74. The Balaban J connectivity index is 2.96. The van der Waals surface area contributed by atoms with Gasteiger partial charge in [-0.25, -0.2) is 0 Å². The standard InChI is InChI=1S/C8H11NOS/c1-6-4-8(9(3)5-10)11-7(6)2/h4-5H,1-3H3. The van der Waals surface area contributed by atoms with Crippen molar-refractivity contribution >= 4 is 22.7 Å². The molecule has 1 heterocycles. The lowest BCUT2D eigenvalue weighted by Crippen LogP contribution is -2.11. The van der Waals surface area contributed by atoms with Gasteiger partial charge < -0.3 is 4.90 Å². The molecule has 0 fully saturated rings. The number of rotatable bonds is 2. The molecule has 1 rings (SSSR count). The average Bonchev–Trinajstić information content (AvgIpc) is 2.31. The number of carbonyl (C=O) groups is 1. The van der Waals surface area contributed by atoms with Gasteiger partial charge in [0.1, 0.15) is 0 Å². The van der Waals surface area contributed by atoms with E-state index in [4.69, 9.17) is 0 Å². The Labute approximate surface area is 70.5 Å². The van der Waals surface area contributed by atoms with E-state index in [9.17, 15) is 4.79 Å². The van der Waals surface area contributed by atoms with E-state index in [-0.39, 0.29) is 0 Å². The number of thiophene rings is 1. The van der Waals surface area contributed by atoms with Crippen molar-refractivity contribution in [1.29, 1.82) is 0 Å². The Morgan fingerprint density at radius 3 is 2.55 bits per heavy atom. The molecule has 0 aliphatic rings. The Hall–Kier alpha value is -0.830. The molecule has 60 valence electrons. The molecule has 0 aliphatic heterocycles. The van der Waals surface area contributed by atoms with Gasteiger partial charge in [-0.15, -0.1) is 11.3 Å². The zero-order valence-electron chi connectivity index (χ0n) is 6.92. The molecular weight excluding hydrogens is 158 g/mol. The molecule has 1 aromatic rings. The van der Waals surface area contributed by atoms with E-state index in [0.717, 1.165) is 11.4 Å². The number of nitrogens with zero attached hydrogens (tertiary/aromatic N) is 1. The SMILES string of the molecule is Cc1cc(N(C)C=O)sc1C. The normalized spacial score (nSPS) is 9.73. The lowest BCUT2D eigenvalue weighted by molar-refractivity contribution is -0.107. The number of hydrogen-bond donors (Lipinski definition) is 0. The van der Waals surface area contributed by atoms with Crippen LogP contribution in [0.15, 0.2) is 6.07 Å². The van der Waals surface area contributed by atoms with E-state index in [0.29, 0.717) is 0 Å². The van der Waals surface area contributed by atoms with Gasteiger partial charge in [0.05, 0.1) is 5.00 Å². The van der Waals surface area contributed by atoms with Crippen LogP contribution in [0.4, 0.5) is 5.00 Å². The number of aryl methyl sites for hydroxylation is 2. The number of anilines is 1. The largest absolute Gasteiger partial charge is 0.310 e. The highest BCUT2D eigenvalue weighted by molar-refractivity contribution is 7.16. The maximum Gasteiger partial charge on any atom is 0.214 e. The van der Waals surface area contributed by atoms with Crippen molar-refractivity contribution in [3.05, 3.63) is 16.5 Å². The van der Waals surface area contributed by atoms with Crippen molar-refractivity contribution in [3.63, 3.8) is 0 Å². The molecule has 1 aromatic heterocycles. The van der Waals surface area contributed by atoms with Gasteiger partial charge in [-0.05, 0) is 25.5 Å². The van der Waals surface area contributed by atoms with Gasteiger partial charge in [0.25, 0.3) is 0 Å². The van der Waals surface area contributed by atoms with Crippen molar-refractivity contribution in [2.24, 2.45) is 0 Å². The van der Waals surface area contributed by atoms with E-state index in [1.165, 1.54) is 10.4 Å². The van der Waals surface area contributed by atoms with Gasteiger partial charge in [-0.1, -0.05) is 0 Å². The summed E-state index contributed by atoms with van der Waals surface area (Å²) in [6.45, 7) is 4.11. The molecule has 3 heteroatoms. The van der Waals surface area contributed by atoms with Gasteiger partial charge in [0, 0.05) is 11.9 Å². The second kappa shape index (κ2) is 3.05. The minimum atomic E-state index is 0.824. The van der Waals surface area contributed by atoms with Gasteiger partial charge in [-0.3, -0.25) is 4.79 Å². The molecule has 0 aliphatic carbocycles. The second-order valence-electron chi connectivity index (χ2n) is 2.54. The molecule has 1 amide bonds. The summed E-state index contributed by atoms with van der Waals surface area (Å²) in [7, 11) is 1.76. The summed E-state index contributed by atoms with van der Waals surface area (Å²) in [6.07, 6.45) is 0.824. The lowest BCUT2D eigenvalue weighted by atomic mass is 10.3. The van der Waals surface area contributed by atoms with Crippen LogP contribution < -0.4 is 4.90 Å². The molecule has 2 nitrogen and oxygen atoms in total. The molecule has 0 atom stereocenters. The van der Waals surface area contributed by atoms with E-state index >= 15 is 0 Å². The molecular formula is C8H11NOS. The van der Waals surface area contributed by atoms with E-state index in [1.807, 2.05) is 13.0 Å². The lowest BCUT2D eigenvalue weighted by Gasteiger charge is -2.04. The Kier molecular flexibility index (Phi) is 2.29. The first kappa shape index (κ1) is 8.27. The third-order valence-corrected chi connectivity index (χ3v) is 2.90. The van der Waals surface area contributed by atoms with E-state index in [2.05, 4.69) is 6.92 Å². The quantitative estimate of drug-likeness (QED) is 0.620. The number of carbonyl (C=O) groups excluding carboxylic acids is 1. The maximum absolute atomic E-state index is 10.4. The summed E-state index contributed by atoms with van der Waals surface area (Å²) in [5, 5.41) is 1.01. The van der Waals surface area contributed by atoms with Crippen LogP contribution in [0.1, 0.15) is 10.4 Å². The van der Waals surface area contributed by atoms with Crippen molar-refractivity contribution in [1.82, 2.24) is 0 Å². The minimum Gasteiger partial charge on any atom is -0.310 e. The summed E-state index contributed by atoms with van der Waals surface area (Å²) in [5.74, 6) is 0. The third kappa shape index (κ3) is 1.60. The van der Waals surface area contributed by atoms with Crippen molar-refractivity contribution in [2.75, 3.05) is 11.9 Å². The summed E-state index contributed by atoms with van der Waals surface area (Å²) >= 11 is 1.64. The molecule has 0 radical (unpaired) electrons. The number of hydrogen-bond acceptors (Lipinski definition) is 2. The molecule has 0 spiro atoms. The fraction of sp³-hybridized carbons (Fsp3) is 0.375. The van der Waals surface area contributed by atoms with Crippen molar-refractivity contribution < 1.29 is 4.79 Å². The van der Waals surface area contributed by atoms with Gasteiger partial charge in [0.15, 0.2) is 0 Å². The molecule has 0 unspecified atom stereocenters. The summed E-state index contributed by atoms with van der Waals surface area (Å²) < 4.78 is 0. The minimum absolute atomic E-state index is 0.824. The fourth-order valence-electron chi connectivity index (χ4n) is 0.779. The van der Waals surface area contributed by atoms with Crippen LogP contribution in [0.5, 0.6) is 0 Å². The molecule has 0 N–H and O–H groups in total. The van der Waals surface area contributed by atoms with Gasteiger partial charge >= 0.3 is 0 Å². The van der Waals surface area contributed by atoms with Crippen LogP contribution >= 0.6 is 11.3 Å². The Morgan fingerprint density at radius 1 is 1.55 bits per heavy atom. The van der Waals surface area contributed by atoms with Gasteiger partial charge in [0.2, 0.25) is 6.41 Å². The highest BCUT2D eigenvalue weighted by atomic mass is 32.1. The zero-order chi connectivity index (χ0) is 8.43. The second-order valence-corrected chi connectivity index (χ2v) is 3.77. The van der Waals surface area contributed by atoms with Crippen LogP contribution in [0.25, 0.3) is 0 Å². The third-order valence-electron chi connectivity index (χ3n) is 1.66. The zero-order valence-corrected chi connectivity index (χ0v) is 7.73. The summed E-state index contributed by atoms with van der Waals surface area (Å²) in [5.41, 5.74) is 1.25. The molecule has 0 aromatic carbocycles. The van der Waals surface area contributed by atoms with Gasteiger partial charge in [-0.2, -0.15) is 0 Å². The van der Waals surface area contributed by atoms with Crippen molar-refractivity contribution in [3.8, 4) is 0 Å². The molecule has 11 heavy (non-hydrogen) atoms. The van der Waals surface area contributed by atoms with Crippen LogP contribution in [-0.2, 0) is 4.79 Å². The first-order chi connectivity index (χ1) is 5.15. The molecule has 0 bridgehead atoms. The van der Waals surface area contributed by atoms with Crippen molar-refractivity contribution in [2.45, 2.75) is 13.8 Å². The highest BCUT2D eigenvalue weighted by Crippen LogP contribution is 2.27. The molecule has 0 saturated heterocycles. The van der Waals surface area contributed by atoms with E-state index < -0.39 is 0 Å². The Bertz CT molecular complexity index is 248. The Morgan fingerprint density at radius 2 is 2.18 bits per heavy atom. The first-order valence-electron chi connectivity index (χ1n) is 3.40. The van der Waals surface area contributed by atoms with Crippen LogP contribution in [0, 0.1) is 13.8 Å². The predicted octanol–water partition coefficient (Wildman–Crippen LogP) is 1.96. The van der Waals surface area contributed by atoms with Crippen LogP contribution in [0.2, 0.25) is 0 Å².